The van der Waals surface area contributed by atoms with Crippen LogP contribution < -0.4 is 15.5 Å². The lowest BCUT2D eigenvalue weighted by atomic mass is 10.1. The van der Waals surface area contributed by atoms with Gasteiger partial charge in [0, 0.05) is 35.6 Å². The Labute approximate surface area is 190 Å². The highest BCUT2D eigenvalue weighted by Crippen LogP contribution is 2.19. The smallest absolute Gasteiger partial charge is 0.191 e. The summed E-state index contributed by atoms with van der Waals surface area (Å²) in [6.07, 6.45) is 6.87. The molecule has 0 unspecified atom stereocenters. The van der Waals surface area contributed by atoms with E-state index in [0.29, 0.717) is 6.54 Å². The average molecular weight is 513 g/mol. The number of piperidine rings is 1. The van der Waals surface area contributed by atoms with E-state index in [2.05, 4.69) is 58.6 Å². The molecular weight excluding hydrogens is 481 g/mol. The zero-order valence-electron chi connectivity index (χ0n) is 16.9. The van der Waals surface area contributed by atoms with Crippen molar-refractivity contribution in [1.29, 1.82) is 0 Å². The summed E-state index contributed by atoms with van der Waals surface area (Å²) in [5.74, 6) is 1.95. The molecule has 1 saturated heterocycles. The first kappa shape index (κ1) is 22.9. The van der Waals surface area contributed by atoms with Crippen molar-refractivity contribution >= 4 is 47.1 Å². The monoisotopic (exact) mass is 513 g/mol. The van der Waals surface area contributed by atoms with Crippen LogP contribution in [0.3, 0.4) is 0 Å². The summed E-state index contributed by atoms with van der Waals surface area (Å²) in [4.78, 5) is 14.5. The van der Waals surface area contributed by atoms with Gasteiger partial charge in [-0.15, -0.1) is 35.3 Å². The largest absolute Gasteiger partial charge is 0.357 e. The number of thiophene rings is 1. The quantitative estimate of drug-likeness (QED) is 0.324. The third-order valence-corrected chi connectivity index (χ3v) is 5.98. The first-order chi connectivity index (χ1) is 13.3. The highest BCUT2D eigenvalue weighted by molar-refractivity contribution is 14.0. The molecule has 2 aromatic rings. The van der Waals surface area contributed by atoms with Gasteiger partial charge in [0.1, 0.15) is 5.82 Å². The SMILES string of the molecule is CCNC(=NCc1ccnc(N2CCCCC2)c1)NCc1ccc(CC)s1.I. The van der Waals surface area contributed by atoms with Crippen molar-refractivity contribution in [3.8, 4) is 0 Å². The van der Waals surface area contributed by atoms with Crippen molar-refractivity contribution in [2.24, 2.45) is 4.99 Å². The molecule has 28 heavy (non-hydrogen) atoms. The van der Waals surface area contributed by atoms with E-state index < -0.39 is 0 Å². The number of guanidine groups is 1. The molecule has 3 heterocycles. The summed E-state index contributed by atoms with van der Waals surface area (Å²) in [6, 6.07) is 8.66. The lowest BCUT2D eigenvalue weighted by molar-refractivity contribution is 0.573. The second-order valence-corrected chi connectivity index (χ2v) is 8.09. The molecule has 0 aromatic carbocycles. The van der Waals surface area contributed by atoms with Crippen LogP contribution in [0.25, 0.3) is 0 Å². The zero-order chi connectivity index (χ0) is 18.9. The molecule has 3 rings (SSSR count). The number of nitrogens with one attached hydrogen (secondary N) is 2. The first-order valence-electron chi connectivity index (χ1n) is 10.1. The zero-order valence-corrected chi connectivity index (χ0v) is 20.1. The molecule has 0 amide bonds. The second kappa shape index (κ2) is 12.3. The minimum atomic E-state index is 0. The Morgan fingerprint density at radius 3 is 2.61 bits per heavy atom. The number of pyridine rings is 1. The fraction of sp³-hybridized carbons (Fsp3) is 0.524. The Morgan fingerprint density at radius 1 is 1.11 bits per heavy atom. The number of hydrogen-bond acceptors (Lipinski definition) is 4. The van der Waals surface area contributed by atoms with Gasteiger partial charge in [-0.25, -0.2) is 9.98 Å². The van der Waals surface area contributed by atoms with Gasteiger partial charge >= 0.3 is 0 Å². The third kappa shape index (κ3) is 6.92. The van der Waals surface area contributed by atoms with Gasteiger partial charge in [0.05, 0.1) is 13.1 Å². The number of aromatic nitrogens is 1. The summed E-state index contributed by atoms with van der Waals surface area (Å²) in [5, 5.41) is 6.79. The fourth-order valence-corrected chi connectivity index (χ4v) is 4.14. The molecule has 0 atom stereocenters. The fourth-order valence-electron chi connectivity index (χ4n) is 3.25. The van der Waals surface area contributed by atoms with E-state index in [1.807, 2.05) is 17.5 Å². The van der Waals surface area contributed by atoms with E-state index in [0.717, 1.165) is 44.4 Å². The average Bonchev–Trinajstić information content (AvgIpc) is 3.19. The summed E-state index contributed by atoms with van der Waals surface area (Å²) in [6.45, 7) is 8.84. The molecule has 154 valence electrons. The van der Waals surface area contributed by atoms with E-state index in [1.165, 1.54) is 34.6 Å². The summed E-state index contributed by atoms with van der Waals surface area (Å²) >= 11 is 1.87. The van der Waals surface area contributed by atoms with Crippen LogP contribution >= 0.6 is 35.3 Å². The molecule has 0 radical (unpaired) electrons. The number of anilines is 1. The molecule has 2 aromatic heterocycles. The van der Waals surface area contributed by atoms with E-state index in [9.17, 15) is 0 Å². The van der Waals surface area contributed by atoms with Crippen LogP contribution in [0.4, 0.5) is 5.82 Å². The first-order valence-corrected chi connectivity index (χ1v) is 10.9. The van der Waals surface area contributed by atoms with Crippen molar-refractivity contribution in [2.75, 3.05) is 24.5 Å². The Morgan fingerprint density at radius 2 is 1.89 bits per heavy atom. The van der Waals surface area contributed by atoms with Gasteiger partial charge in [0.15, 0.2) is 5.96 Å². The maximum Gasteiger partial charge on any atom is 0.191 e. The molecule has 5 nitrogen and oxygen atoms in total. The Kier molecular flexibility index (Phi) is 10.0. The summed E-state index contributed by atoms with van der Waals surface area (Å²) in [5.41, 5.74) is 1.20. The third-order valence-electron chi connectivity index (χ3n) is 4.75. The summed E-state index contributed by atoms with van der Waals surface area (Å²) < 4.78 is 0. The molecule has 7 heteroatoms. The van der Waals surface area contributed by atoms with Crippen molar-refractivity contribution in [3.05, 3.63) is 45.8 Å². The maximum atomic E-state index is 4.76. The van der Waals surface area contributed by atoms with Crippen LogP contribution in [0, 0.1) is 0 Å². The molecule has 1 fully saturated rings. The van der Waals surface area contributed by atoms with Gasteiger partial charge in [0.25, 0.3) is 0 Å². The van der Waals surface area contributed by atoms with Gasteiger partial charge in [-0.3, -0.25) is 0 Å². The van der Waals surface area contributed by atoms with Crippen molar-refractivity contribution in [2.45, 2.75) is 52.6 Å². The highest BCUT2D eigenvalue weighted by Gasteiger charge is 2.12. The van der Waals surface area contributed by atoms with Gasteiger partial charge in [-0.2, -0.15) is 0 Å². The Bertz CT molecular complexity index is 740. The number of nitrogens with zero attached hydrogens (tertiary/aromatic N) is 3. The number of aryl methyl sites for hydroxylation is 1. The van der Waals surface area contributed by atoms with Crippen LogP contribution in [0.5, 0.6) is 0 Å². The van der Waals surface area contributed by atoms with Crippen LogP contribution in [0.1, 0.15) is 48.4 Å². The van der Waals surface area contributed by atoms with Crippen molar-refractivity contribution in [1.82, 2.24) is 15.6 Å². The lowest BCUT2D eigenvalue weighted by Gasteiger charge is -2.27. The Hall–Kier alpha value is -1.35. The minimum Gasteiger partial charge on any atom is -0.357 e. The summed E-state index contributed by atoms with van der Waals surface area (Å²) in [7, 11) is 0. The Balaban J connectivity index is 0.00000280. The molecule has 2 N–H and O–H groups in total. The standard InChI is InChI=1S/C21H31N5S.HI/c1-3-18-8-9-19(27-18)16-25-21(22-4-2)24-15-17-10-11-23-20(14-17)26-12-6-5-7-13-26;/h8-11,14H,3-7,12-13,15-16H2,1-2H3,(H2,22,24,25);1H. The van der Waals surface area contributed by atoms with Crippen LogP contribution in [-0.4, -0.2) is 30.6 Å². The van der Waals surface area contributed by atoms with Gasteiger partial charge < -0.3 is 15.5 Å². The van der Waals surface area contributed by atoms with Crippen LogP contribution in [0.15, 0.2) is 35.5 Å². The number of rotatable bonds is 7. The minimum absolute atomic E-state index is 0. The molecule has 0 saturated carbocycles. The number of halogens is 1. The molecule has 0 spiro atoms. The number of aliphatic imine (C=N–C) groups is 1. The maximum absolute atomic E-state index is 4.76. The van der Waals surface area contributed by atoms with Crippen molar-refractivity contribution in [3.63, 3.8) is 0 Å². The van der Waals surface area contributed by atoms with E-state index in [1.54, 1.807) is 0 Å². The van der Waals surface area contributed by atoms with Gasteiger partial charge in [-0.1, -0.05) is 6.92 Å². The topological polar surface area (TPSA) is 52.6 Å². The predicted molar refractivity (Wildman–Crippen MR) is 131 cm³/mol. The molecule has 0 aliphatic carbocycles. The molecule has 1 aliphatic rings. The van der Waals surface area contributed by atoms with E-state index in [4.69, 9.17) is 4.99 Å². The highest BCUT2D eigenvalue weighted by atomic mass is 127. The molecule has 1 aliphatic heterocycles. The van der Waals surface area contributed by atoms with Gasteiger partial charge in [-0.05, 0) is 62.4 Å². The normalized spacial score (nSPS) is 14.5. The van der Waals surface area contributed by atoms with Crippen molar-refractivity contribution < 1.29 is 0 Å². The van der Waals surface area contributed by atoms with Crippen LogP contribution in [0.2, 0.25) is 0 Å². The van der Waals surface area contributed by atoms with E-state index >= 15 is 0 Å². The molecule has 0 bridgehead atoms. The lowest BCUT2D eigenvalue weighted by Crippen LogP contribution is -2.36. The van der Waals surface area contributed by atoms with E-state index in [-0.39, 0.29) is 24.0 Å². The number of hydrogen-bond donors (Lipinski definition) is 2. The predicted octanol–water partition coefficient (Wildman–Crippen LogP) is 4.57. The van der Waals surface area contributed by atoms with Crippen LogP contribution in [-0.2, 0) is 19.5 Å². The van der Waals surface area contributed by atoms with Gasteiger partial charge in [0.2, 0.25) is 0 Å². The second-order valence-electron chi connectivity index (χ2n) is 6.84. The molecular formula is C21H32IN5S.